The molecule has 5 heteroatoms. The maximum atomic E-state index is 9.63. The van der Waals surface area contributed by atoms with Crippen molar-refractivity contribution in [1.29, 1.82) is 0 Å². The Hall–Kier alpha value is -1.11. The Morgan fingerprint density at radius 1 is 1.47 bits per heavy atom. The largest absolute Gasteiger partial charge is 0.507 e. The van der Waals surface area contributed by atoms with Crippen LogP contribution in [0.15, 0.2) is 22.7 Å². The van der Waals surface area contributed by atoms with E-state index in [-0.39, 0.29) is 11.7 Å². The molecule has 1 aromatic heterocycles. The molecule has 0 aliphatic rings. The third kappa shape index (κ3) is 2.59. The van der Waals surface area contributed by atoms with Crippen molar-refractivity contribution >= 4 is 22.6 Å². The highest BCUT2D eigenvalue weighted by molar-refractivity contribution is 14.1. The summed E-state index contributed by atoms with van der Waals surface area (Å²) in [5.41, 5.74) is 0.741. The molecule has 1 aromatic carbocycles. The fourth-order valence-corrected chi connectivity index (χ4v) is 1.72. The van der Waals surface area contributed by atoms with E-state index in [2.05, 4.69) is 46.6 Å². The van der Waals surface area contributed by atoms with Gasteiger partial charge in [-0.05, 0) is 47.2 Å². The van der Waals surface area contributed by atoms with E-state index in [0.29, 0.717) is 11.7 Å². The van der Waals surface area contributed by atoms with Gasteiger partial charge in [0.25, 0.3) is 5.89 Å². The molecule has 1 N–H and O–H groups in total. The summed E-state index contributed by atoms with van der Waals surface area (Å²) in [5.74, 6) is 1.67. The van der Waals surface area contributed by atoms with E-state index in [0.717, 1.165) is 15.6 Å². The molecule has 4 nitrogen and oxygen atoms in total. The van der Waals surface area contributed by atoms with Gasteiger partial charge in [-0.3, -0.25) is 0 Å². The fraction of sp³-hybridized carbons (Fsp3) is 0.333. The summed E-state index contributed by atoms with van der Waals surface area (Å²) in [6, 6.07) is 5.31. The van der Waals surface area contributed by atoms with Crippen LogP contribution < -0.4 is 0 Å². The number of nitrogens with zero attached hydrogens (tertiary/aromatic N) is 2. The molecule has 1 atom stereocenters. The summed E-state index contributed by atoms with van der Waals surface area (Å²) in [4.78, 5) is 4.33. The second-order valence-electron chi connectivity index (χ2n) is 3.93. The summed E-state index contributed by atoms with van der Waals surface area (Å²) in [5, 5.41) is 13.6. The lowest BCUT2D eigenvalue weighted by molar-refractivity contribution is 0.416. The summed E-state index contributed by atoms with van der Waals surface area (Å²) in [6.07, 6.45) is 0.969. The smallest absolute Gasteiger partial charge is 0.258 e. The highest BCUT2D eigenvalue weighted by atomic mass is 127. The standard InChI is InChI=1S/C12H13IN2O2/c1-3-7(2)11-14-12(17-15-11)8-4-5-9(13)10(16)6-8/h4-7,16H,3H2,1-2H3. The molecule has 1 unspecified atom stereocenters. The van der Waals surface area contributed by atoms with Gasteiger partial charge in [-0.25, -0.2) is 0 Å². The second kappa shape index (κ2) is 5.03. The van der Waals surface area contributed by atoms with E-state index >= 15 is 0 Å². The van der Waals surface area contributed by atoms with Gasteiger partial charge < -0.3 is 9.63 Å². The monoisotopic (exact) mass is 344 g/mol. The predicted octanol–water partition coefficient (Wildman–Crippen LogP) is 3.56. The van der Waals surface area contributed by atoms with Crippen LogP contribution >= 0.6 is 22.6 Å². The quantitative estimate of drug-likeness (QED) is 0.865. The Morgan fingerprint density at radius 3 is 2.88 bits per heavy atom. The number of benzene rings is 1. The van der Waals surface area contributed by atoms with Crippen LogP contribution in [0.1, 0.15) is 32.0 Å². The molecule has 90 valence electrons. The molecular weight excluding hydrogens is 331 g/mol. The van der Waals surface area contributed by atoms with Gasteiger partial charge in [0.2, 0.25) is 0 Å². The first-order chi connectivity index (χ1) is 8.11. The number of phenols is 1. The van der Waals surface area contributed by atoms with Gasteiger partial charge in [0, 0.05) is 11.5 Å². The van der Waals surface area contributed by atoms with E-state index in [1.54, 1.807) is 6.07 Å². The van der Waals surface area contributed by atoms with Crippen LogP contribution in [0.5, 0.6) is 5.75 Å². The molecule has 17 heavy (non-hydrogen) atoms. The van der Waals surface area contributed by atoms with Crippen LogP contribution in [-0.4, -0.2) is 15.2 Å². The summed E-state index contributed by atoms with van der Waals surface area (Å²) >= 11 is 2.07. The second-order valence-corrected chi connectivity index (χ2v) is 5.10. The SMILES string of the molecule is CCC(C)c1noc(-c2ccc(I)c(O)c2)n1. The molecule has 0 saturated carbocycles. The molecule has 0 aliphatic carbocycles. The summed E-state index contributed by atoms with van der Waals surface area (Å²) in [6.45, 7) is 4.14. The van der Waals surface area contributed by atoms with Crippen molar-refractivity contribution < 1.29 is 9.63 Å². The molecule has 0 aliphatic heterocycles. The maximum Gasteiger partial charge on any atom is 0.258 e. The van der Waals surface area contributed by atoms with E-state index in [1.807, 2.05) is 12.1 Å². The van der Waals surface area contributed by atoms with Gasteiger partial charge in [0.05, 0.1) is 3.57 Å². The number of phenolic OH excluding ortho intramolecular Hbond substituents is 1. The molecule has 2 aromatic rings. The van der Waals surface area contributed by atoms with Crippen LogP contribution in [0.25, 0.3) is 11.5 Å². The third-order valence-electron chi connectivity index (χ3n) is 2.69. The molecule has 1 heterocycles. The number of aromatic hydroxyl groups is 1. The zero-order chi connectivity index (χ0) is 12.4. The molecular formula is C12H13IN2O2. The third-order valence-corrected chi connectivity index (χ3v) is 3.60. The highest BCUT2D eigenvalue weighted by Gasteiger charge is 2.14. The Morgan fingerprint density at radius 2 is 2.24 bits per heavy atom. The van der Waals surface area contributed by atoms with Crippen molar-refractivity contribution in [2.24, 2.45) is 0 Å². The lowest BCUT2D eigenvalue weighted by Gasteiger charge is -1.99. The molecule has 0 fully saturated rings. The maximum absolute atomic E-state index is 9.63. The number of aromatic nitrogens is 2. The van der Waals surface area contributed by atoms with E-state index in [1.165, 1.54) is 0 Å². The highest BCUT2D eigenvalue weighted by Crippen LogP contribution is 2.27. The minimum atomic E-state index is 0.228. The number of hydrogen-bond donors (Lipinski definition) is 1. The normalized spacial score (nSPS) is 12.6. The van der Waals surface area contributed by atoms with Gasteiger partial charge in [-0.15, -0.1) is 0 Å². The van der Waals surface area contributed by atoms with Crippen LogP contribution in [0.2, 0.25) is 0 Å². The Balaban J connectivity index is 2.33. The first-order valence-corrected chi connectivity index (χ1v) is 6.52. The molecule has 0 radical (unpaired) electrons. The first kappa shape index (κ1) is 12.3. The minimum absolute atomic E-state index is 0.228. The van der Waals surface area contributed by atoms with Crippen molar-refractivity contribution in [1.82, 2.24) is 10.1 Å². The lowest BCUT2D eigenvalue weighted by atomic mass is 10.1. The van der Waals surface area contributed by atoms with Crippen molar-refractivity contribution in [2.75, 3.05) is 0 Å². The van der Waals surface area contributed by atoms with E-state index in [9.17, 15) is 5.11 Å². The topological polar surface area (TPSA) is 59.2 Å². The van der Waals surface area contributed by atoms with Crippen molar-refractivity contribution in [3.8, 4) is 17.2 Å². The van der Waals surface area contributed by atoms with Gasteiger partial charge >= 0.3 is 0 Å². The average Bonchev–Trinajstić information content (AvgIpc) is 2.81. The van der Waals surface area contributed by atoms with Gasteiger partial charge in [0.15, 0.2) is 5.82 Å². The molecule has 0 saturated heterocycles. The number of hydrogen-bond acceptors (Lipinski definition) is 4. The van der Waals surface area contributed by atoms with Crippen molar-refractivity contribution in [3.63, 3.8) is 0 Å². The molecule has 0 amide bonds. The molecule has 2 rings (SSSR count). The zero-order valence-corrected chi connectivity index (χ0v) is 11.8. The Kier molecular flexibility index (Phi) is 3.66. The van der Waals surface area contributed by atoms with E-state index in [4.69, 9.17) is 4.52 Å². The molecule has 0 spiro atoms. The van der Waals surface area contributed by atoms with Crippen LogP contribution in [0, 0.1) is 3.57 Å². The van der Waals surface area contributed by atoms with Crippen LogP contribution in [0.3, 0.4) is 0 Å². The first-order valence-electron chi connectivity index (χ1n) is 5.44. The van der Waals surface area contributed by atoms with Crippen molar-refractivity contribution in [2.45, 2.75) is 26.2 Å². The van der Waals surface area contributed by atoms with Crippen LogP contribution in [0.4, 0.5) is 0 Å². The number of halogens is 1. The van der Waals surface area contributed by atoms with Crippen LogP contribution in [-0.2, 0) is 0 Å². The van der Waals surface area contributed by atoms with Crippen molar-refractivity contribution in [3.05, 3.63) is 27.6 Å². The minimum Gasteiger partial charge on any atom is -0.507 e. The van der Waals surface area contributed by atoms with E-state index < -0.39 is 0 Å². The zero-order valence-electron chi connectivity index (χ0n) is 9.64. The number of rotatable bonds is 3. The van der Waals surface area contributed by atoms with Gasteiger partial charge in [-0.1, -0.05) is 19.0 Å². The lowest BCUT2D eigenvalue weighted by Crippen LogP contribution is -1.93. The van der Waals surface area contributed by atoms with Gasteiger partial charge in [-0.2, -0.15) is 4.98 Å². The average molecular weight is 344 g/mol. The molecule has 0 bridgehead atoms. The Bertz CT molecular complexity index is 525. The predicted molar refractivity (Wildman–Crippen MR) is 72.8 cm³/mol. The summed E-state index contributed by atoms with van der Waals surface area (Å²) < 4.78 is 5.99. The Labute approximate surface area is 113 Å². The summed E-state index contributed by atoms with van der Waals surface area (Å²) in [7, 11) is 0. The van der Waals surface area contributed by atoms with Gasteiger partial charge in [0.1, 0.15) is 5.75 Å². The fourth-order valence-electron chi connectivity index (χ4n) is 1.38.